The molecular formula is C24H23F2N3O3. The molecule has 0 saturated carbocycles. The van der Waals surface area contributed by atoms with Crippen molar-refractivity contribution in [2.24, 2.45) is 5.73 Å². The van der Waals surface area contributed by atoms with E-state index in [0.717, 1.165) is 11.1 Å². The van der Waals surface area contributed by atoms with Crippen molar-refractivity contribution in [3.8, 4) is 23.7 Å². The number of carboxylic acids is 1. The lowest BCUT2D eigenvalue weighted by Crippen LogP contribution is -2.51. The maximum atomic E-state index is 12.2. The van der Waals surface area contributed by atoms with Crippen molar-refractivity contribution in [3.63, 3.8) is 0 Å². The summed E-state index contributed by atoms with van der Waals surface area (Å²) >= 11 is 0. The van der Waals surface area contributed by atoms with E-state index < -0.39 is 30.4 Å². The number of hydrogen-bond donors (Lipinski definition) is 4. The summed E-state index contributed by atoms with van der Waals surface area (Å²) in [7, 11) is 0. The third-order valence-corrected chi connectivity index (χ3v) is 4.28. The first-order valence-corrected chi connectivity index (χ1v) is 9.75. The van der Waals surface area contributed by atoms with Gasteiger partial charge in [0.25, 0.3) is 12.3 Å². The summed E-state index contributed by atoms with van der Waals surface area (Å²) < 4.78 is 24.2. The fourth-order valence-corrected chi connectivity index (χ4v) is 2.59. The summed E-state index contributed by atoms with van der Waals surface area (Å²) in [6.07, 6.45) is -2.38. The van der Waals surface area contributed by atoms with Gasteiger partial charge in [-0.2, -0.15) is 0 Å². The number of benzene rings is 2. The number of rotatable bonds is 8. The Morgan fingerprint density at radius 1 is 1.00 bits per heavy atom. The third-order valence-electron chi connectivity index (χ3n) is 4.28. The topological polar surface area (TPSA) is 104 Å². The molecule has 0 bridgehead atoms. The number of nitrogens with two attached hydrogens (primary N) is 1. The zero-order valence-corrected chi connectivity index (χ0v) is 17.4. The van der Waals surface area contributed by atoms with Crippen LogP contribution in [0.2, 0.25) is 0 Å². The molecular weight excluding hydrogens is 416 g/mol. The van der Waals surface area contributed by atoms with E-state index in [1.807, 2.05) is 0 Å². The van der Waals surface area contributed by atoms with Crippen LogP contribution in [0.25, 0.3) is 0 Å². The van der Waals surface area contributed by atoms with Crippen molar-refractivity contribution in [1.82, 2.24) is 10.6 Å². The molecule has 5 N–H and O–H groups in total. The van der Waals surface area contributed by atoms with Gasteiger partial charge in [0.2, 0.25) is 0 Å². The van der Waals surface area contributed by atoms with E-state index in [2.05, 4.69) is 34.3 Å². The highest BCUT2D eigenvalue weighted by Gasteiger charge is 2.24. The quantitative estimate of drug-likeness (QED) is 0.471. The molecule has 2 aromatic carbocycles. The molecule has 0 aromatic heterocycles. The van der Waals surface area contributed by atoms with Crippen LogP contribution in [-0.2, 0) is 11.3 Å². The first-order chi connectivity index (χ1) is 15.3. The van der Waals surface area contributed by atoms with Gasteiger partial charge < -0.3 is 21.5 Å². The lowest BCUT2D eigenvalue weighted by atomic mass is 10.1. The smallest absolute Gasteiger partial charge is 0.327 e. The number of carboxylic acid groups (broad SMARTS) is 1. The number of alkyl halides is 2. The molecule has 6 nitrogen and oxygen atoms in total. The number of nitrogens with one attached hydrogen (secondary N) is 2. The summed E-state index contributed by atoms with van der Waals surface area (Å²) in [6.45, 7) is 1.51. The SMILES string of the molecule is C[C@@H](N)[C@H](NC(=O)c1ccc(C#CC#Cc2ccc(CNCC(F)F)cc2)cc1)C(=O)O. The molecule has 2 aromatic rings. The molecule has 0 fully saturated rings. The van der Waals surface area contributed by atoms with E-state index >= 15 is 0 Å². The van der Waals surface area contributed by atoms with Crippen LogP contribution in [0, 0.1) is 23.7 Å². The van der Waals surface area contributed by atoms with Gasteiger partial charge in [0.15, 0.2) is 0 Å². The van der Waals surface area contributed by atoms with Gasteiger partial charge in [0.05, 0.1) is 6.54 Å². The highest BCUT2D eigenvalue weighted by molar-refractivity contribution is 5.96. The van der Waals surface area contributed by atoms with Crippen LogP contribution in [0.4, 0.5) is 8.78 Å². The fourth-order valence-electron chi connectivity index (χ4n) is 2.59. The zero-order valence-electron chi connectivity index (χ0n) is 17.4. The number of amides is 1. The summed E-state index contributed by atoms with van der Waals surface area (Å²) in [5, 5.41) is 14.1. The summed E-state index contributed by atoms with van der Waals surface area (Å²) in [5.41, 5.74) is 8.12. The van der Waals surface area contributed by atoms with Gasteiger partial charge in [-0.15, -0.1) is 0 Å². The van der Waals surface area contributed by atoms with E-state index in [-0.39, 0.29) is 12.1 Å². The van der Waals surface area contributed by atoms with Crippen LogP contribution in [0.3, 0.4) is 0 Å². The number of carbonyl (C=O) groups excluding carboxylic acids is 1. The Hall–Kier alpha value is -3.72. The second kappa shape index (κ2) is 12.2. The van der Waals surface area contributed by atoms with Crippen LogP contribution >= 0.6 is 0 Å². The molecule has 1 amide bonds. The summed E-state index contributed by atoms with van der Waals surface area (Å²) in [5.74, 6) is 9.46. The monoisotopic (exact) mass is 439 g/mol. The van der Waals surface area contributed by atoms with Gasteiger partial charge in [-0.05, 0) is 60.7 Å². The number of carbonyl (C=O) groups is 2. The van der Waals surface area contributed by atoms with E-state index in [4.69, 9.17) is 10.8 Å². The first kappa shape index (κ1) is 24.5. The normalized spacial score (nSPS) is 12.0. The van der Waals surface area contributed by atoms with Gasteiger partial charge in [-0.3, -0.25) is 4.79 Å². The molecule has 0 unspecified atom stereocenters. The zero-order chi connectivity index (χ0) is 23.5. The molecule has 0 saturated heterocycles. The lowest BCUT2D eigenvalue weighted by molar-refractivity contribution is -0.139. The minimum Gasteiger partial charge on any atom is -0.480 e. The Morgan fingerprint density at radius 2 is 1.53 bits per heavy atom. The molecule has 0 aliphatic carbocycles. The predicted octanol–water partition coefficient (Wildman–Crippen LogP) is 1.97. The molecule has 8 heteroatoms. The highest BCUT2D eigenvalue weighted by atomic mass is 19.3. The van der Waals surface area contributed by atoms with Crippen LogP contribution in [0.15, 0.2) is 48.5 Å². The minimum atomic E-state index is -2.38. The summed E-state index contributed by atoms with van der Waals surface area (Å²) in [4.78, 5) is 23.3. The van der Waals surface area contributed by atoms with Crippen molar-refractivity contribution < 1.29 is 23.5 Å². The third kappa shape index (κ3) is 8.19. The maximum absolute atomic E-state index is 12.2. The lowest BCUT2D eigenvalue weighted by Gasteiger charge is -2.17. The first-order valence-electron chi connectivity index (χ1n) is 9.75. The highest BCUT2D eigenvalue weighted by Crippen LogP contribution is 2.05. The molecule has 166 valence electrons. The van der Waals surface area contributed by atoms with E-state index in [1.54, 1.807) is 36.4 Å². The fraction of sp³-hybridized carbons (Fsp3) is 0.250. The maximum Gasteiger partial charge on any atom is 0.327 e. The van der Waals surface area contributed by atoms with Crippen molar-refractivity contribution in [2.45, 2.75) is 32.0 Å². The van der Waals surface area contributed by atoms with Crippen molar-refractivity contribution in [1.29, 1.82) is 0 Å². The van der Waals surface area contributed by atoms with Crippen LogP contribution in [0.5, 0.6) is 0 Å². The standard InChI is InChI=1S/C24H23F2N3O3/c1-16(27)22(24(31)32)29-23(30)20-12-10-18(11-13-20)5-3-2-4-17-6-8-19(9-7-17)14-28-15-21(25)26/h6-13,16,21-22,28H,14-15,27H2,1H3,(H,29,30)(H,31,32)/t16-,22+/m1/s1. The Bertz CT molecular complexity index is 1040. The molecule has 2 rings (SSSR count). The average Bonchev–Trinajstić information content (AvgIpc) is 2.75. The van der Waals surface area contributed by atoms with Crippen LogP contribution in [0.1, 0.15) is 34.0 Å². The molecule has 32 heavy (non-hydrogen) atoms. The molecule has 0 aliphatic heterocycles. The van der Waals surface area contributed by atoms with Gasteiger partial charge in [0, 0.05) is 29.3 Å². The van der Waals surface area contributed by atoms with Crippen molar-refractivity contribution in [2.75, 3.05) is 6.54 Å². The van der Waals surface area contributed by atoms with E-state index in [0.29, 0.717) is 12.1 Å². The number of halogens is 2. The van der Waals surface area contributed by atoms with Crippen LogP contribution < -0.4 is 16.4 Å². The van der Waals surface area contributed by atoms with Crippen LogP contribution in [-0.4, -0.2) is 42.0 Å². The van der Waals surface area contributed by atoms with Gasteiger partial charge in [-0.1, -0.05) is 24.0 Å². The second-order valence-electron chi connectivity index (χ2n) is 6.94. The van der Waals surface area contributed by atoms with Crippen molar-refractivity contribution >= 4 is 11.9 Å². The predicted molar refractivity (Wildman–Crippen MR) is 117 cm³/mol. The van der Waals surface area contributed by atoms with Gasteiger partial charge in [0.1, 0.15) is 6.04 Å². The Balaban J connectivity index is 1.93. The largest absolute Gasteiger partial charge is 0.480 e. The van der Waals surface area contributed by atoms with Gasteiger partial charge in [-0.25, -0.2) is 13.6 Å². The Morgan fingerprint density at radius 3 is 2.00 bits per heavy atom. The number of aliphatic carboxylic acids is 1. The molecule has 0 heterocycles. The van der Waals surface area contributed by atoms with Gasteiger partial charge >= 0.3 is 5.97 Å². The number of hydrogen-bond acceptors (Lipinski definition) is 4. The minimum absolute atomic E-state index is 0.289. The Kier molecular flexibility index (Phi) is 9.37. The Labute approximate surface area is 185 Å². The van der Waals surface area contributed by atoms with Crippen molar-refractivity contribution in [3.05, 3.63) is 70.8 Å². The average molecular weight is 439 g/mol. The van der Waals surface area contributed by atoms with E-state index in [9.17, 15) is 18.4 Å². The van der Waals surface area contributed by atoms with E-state index in [1.165, 1.54) is 19.1 Å². The summed E-state index contributed by atoms with van der Waals surface area (Å²) in [6, 6.07) is 11.6. The molecule has 2 atom stereocenters. The molecule has 0 radical (unpaired) electrons. The second-order valence-corrected chi connectivity index (χ2v) is 6.94. The molecule has 0 spiro atoms. The molecule has 0 aliphatic rings.